The van der Waals surface area contributed by atoms with Gasteiger partial charge in [-0.25, -0.2) is 0 Å². The van der Waals surface area contributed by atoms with Crippen LogP contribution in [0.1, 0.15) is 6.42 Å². The van der Waals surface area contributed by atoms with Crippen LogP contribution >= 0.6 is 0 Å². The van der Waals surface area contributed by atoms with E-state index in [1.54, 1.807) is 7.11 Å². The molecule has 0 atom stereocenters. The van der Waals surface area contributed by atoms with Gasteiger partial charge in [-0.1, -0.05) is 18.2 Å². The molecule has 5 heteroatoms. The van der Waals surface area contributed by atoms with Crippen molar-refractivity contribution in [3.8, 4) is 5.75 Å². The molecule has 0 saturated heterocycles. The van der Waals surface area contributed by atoms with Gasteiger partial charge in [0.2, 0.25) is 0 Å². The van der Waals surface area contributed by atoms with Gasteiger partial charge in [0.05, 0.1) is 0 Å². The smallest absolute Gasteiger partial charge is 0.257 e. The lowest BCUT2D eigenvalue weighted by atomic mass is 10.2. The predicted octanol–water partition coefficient (Wildman–Crippen LogP) is 2.96. The summed E-state index contributed by atoms with van der Waals surface area (Å²) in [7, 11) is 1.64. The summed E-state index contributed by atoms with van der Waals surface area (Å²) in [5, 5.41) is 6.06. The molecule has 0 aliphatic carbocycles. The van der Waals surface area contributed by atoms with Gasteiger partial charge >= 0.3 is 0 Å². The lowest BCUT2D eigenvalue weighted by molar-refractivity contribution is -0.123. The second-order valence-electron chi connectivity index (χ2n) is 5.00. The maximum Gasteiger partial charge on any atom is 0.257 e. The molecule has 0 heterocycles. The summed E-state index contributed by atoms with van der Waals surface area (Å²) >= 11 is 0. The van der Waals surface area contributed by atoms with Gasteiger partial charge in [0.1, 0.15) is 5.75 Å². The normalized spacial score (nSPS) is 10.1. The number of para-hydroxylation sites is 1. The molecular formula is C18H22N2O3. The number of hydrogen-bond acceptors (Lipinski definition) is 4. The first-order chi connectivity index (χ1) is 11.3. The van der Waals surface area contributed by atoms with Gasteiger partial charge < -0.3 is 20.1 Å². The predicted molar refractivity (Wildman–Crippen MR) is 91.2 cm³/mol. The van der Waals surface area contributed by atoms with Crippen LogP contribution in [0, 0.1) is 0 Å². The summed E-state index contributed by atoms with van der Waals surface area (Å²) in [6.45, 7) is 1.24. The van der Waals surface area contributed by atoms with Crippen LogP contribution in [0.4, 0.5) is 11.4 Å². The molecule has 0 spiro atoms. The van der Waals surface area contributed by atoms with Gasteiger partial charge in [-0.15, -0.1) is 0 Å². The van der Waals surface area contributed by atoms with Crippen LogP contribution < -0.4 is 15.4 Å². The summed E-state index contributed by atoms with van der Waals surface area (Å²) in [5.41, 5.74) is 1.99. The number of carbonyl (C=O) groups is 1. The van der Waals surface area contributed by atoms with Crippen LogP contribution in [0.2, 0.25) is 0 Å². The number of hydrogen-bond donors (Lipinski definition) is 2. The Bertz CT molecular complexity index is 585. The van der Waals surface area contributed by atoms with E-state index in [9.17, 15) is 4.79 Å². The molecule has 1 amide bonds. The minimum atomic E-state index is -0.132. The highest BCUT2D eigenvalue weighted by Crippen LogP contribution is 2.19. The Morgan fingerprint density at radius 3 is 2.39 bits per heavy atom. The van der Waals surface area contributed by atoms with E-state index >= 15 is 0 Å². The SMILES string of the molecule is COCCCNC(=O)COc1ccc(Nc2ccccc2)cc1. The number of carbonyl (C=O) groups excluding carboxylic acids is 1. The molecule has 2 aromatic rings. The number of anilines is 2. The fraction of sp³-hybridized carbons (Fsp3) is 0.278. The minimum absolute atomic E-state index is 0.0123. The van der Waals surface area contributed by atoms with Gasteiger partial charge in [0.15, 0.2) is 6.61 Å². The van der Waals surface area contributed by atoms with Crippen molar-refractivity contribution in [2.45, 2.75) is 6.42 Å². The van der Waals surface area contributed by atoms with E-state index in [0.717, 1.165) is 17.8 Å². The fourth-order valence-electron chi connectivity index (χ4n) is 1.97. The number of ether oxygens (including phenoxy) is 2. The second-order valence-corrected chi connectivity index (χ2v) is 5.00. The van der Waals surface area contributed by atoms with Crippen molar-refractivity contribution >= 4 is 17.3 Å². The zero-order chi connectivity index (χ0) is 16.3. The van der Waals surface area contributed by atoms with E-state index in [1.165, 1.54) is 0 Å². The Hall–Kier alpha value is -2.53. The molecular weight excluding hydrogens is 292 g/mol. The number of rotatable bonds is 9. The Morgan fingerprint density at radius 1 is 1.00 bits per heavy atom. The van der Waals surface area contributed by atoms with Crippen LogP contribution in [0.3, 0.4) is 0 Å². The van der Waals surface area contributed by atoms with E-state index in [1.807, 2.05) is 54.6 Å². The number of nitrogens with one attached hydrogen (secondary N) is 2. The number of benzene rings is 2. The summed E-state index contributed by atoms with van der Waals surface area (Å²) in [4.78, 5) is 11.6. The summed E-state index contributed by atoms with van der Waals surface area (Å²) < 4.78 is 10.4. The number of methoxy groups -OCH3 is 1. The van der Waals surface area contributed by atoms with Crippen molar-refractivity contribution in [3.63, 3.8) is 0 Å². The average molecular weight is 314 g/mol. The molecule has 5 nitrogen and oxygen atoms in total. The van der Waals surface area contributed by atoms with Crippen LogP contribution in [0.5, 0.6) is 5.75 Å². The molecule has 0 bridgehead atoms. The van der Waals surface area contributed by atoms with Crippen LogP contribution in [0.25, 0.3) is 0 Å². The topological polar surface area (TPSA) is 59.6 Å². The third kappa shape index (κ3) is 6.40. The molecule has 0 radical (unpaired) electrons. The highest BCUT2D eigenvalue weighted by atomic mass is 16.5. The highest BCUT2D eigenvalue weighted by molar-refractivity contribution is 5.77. The molecule has 0 aliphatic heterocycles. The molecule has 122 valence electrons. The number of amides is 1. The van der Waals surface area contributed by atoms with E-state index in [4.69, 9.17) is 9.47 Å². The van der Waals surface area contributed by atoms with Crippen molar-refractivity contribution in [1.82, 2.24) is 5.32 Å². The first-order valence-corrected chi connectivity index (χ1v) is 7.58. The molecule has 0 saturated carbocycles. The lowest BCUT2D eigenvalue weighted by Gasteiger charge is -2.09. The molecule has 23 heavy (non-hydrogen) atoms. The Labute approximate surface area is 136 Å². The van der Waals surface area contributed by atoms with Crippen molar-refractivity contribution in [2.24, 2.45) is 0 Å². The minimum Gasteiger partial charge on any atom is -0.484 e. The Morgan fingerprint density at radius 2 is 1.70 bits per heavy atom. The first-order valence-electron chi connectivity index (χ1n) is 7.58. The zero-order valence-electron chi connectivity index (χ0n) is 13.2. The monoisotopic (exact) mass is 314 g/mol. The standard InChI is InChI=1S/C18H22N2O3/c1-22-13-5-12-19-18(21)14-23-17-10-8-16(9-11-17)20-15-6-3-2-4-7-15/h2-4,6-11,20H,5,12-14H2,1H3,(H,19,21). The fourth-order valence-corrected chi connectivity index (χ4v) is 1.97. The summed E-state index contributed by atoms with van der Waals surface area (Å²) in [6, 6.07) is 17.4. The lowest BCUT2D eigenvalue weighted by Crippen LogP contribution is -2.30. The molecule has 0 aliphatic rings. The van der Waals surface area contributed by atoms with Crippen molar-refractivity contribution < 1.29 is 14.3 Å². The molecule has 0 fully saturated rings. The molecule has 2 rings (SSSR count). The zero-order valence-corrected chi connectivity index (χ0v) is 13.2. The third-order valence-corrected chi connectivity index (χ3v) is 3.13. The summed E-state index contributed by atoms with van der Waals surface area (Å²) in [5.74, 6) is 0.531. The van der Waals surface area contributed by atoms with E-state index < -0.39 is 0 Å². The van der Waals surface area contributed by atoms with Gasteiger partial charge in [-0.2, -0.15) is 0 Å². The van der Waals surface area contributed by atoms with E-state index in [2.05, 4.69) is 10.6 Å². The van der Waals surface area contributed by atoms with E-state index in [-0.39, 0.29) is 12.5 Å². The highest BCUT2D eigenvalue weighted by Gasteiger charge is 2.02. The van der Waals surface area contributed by atoms with Crippen molar-refractivity contribution in [1.29, 1.82) is 0 Å². The Balaban J connectivity index is 1.73. The quantitative estimate of drug-likeness (QED) is 0.699. The van der Waals surface area contributed by atoms with E-state index in [0.29, 0.717) is 18.9 Å². The first kappa shape index (κ1) is 16.8. The van der Waals surface area contributed by atoms with Gasteiger partial charge in [0.25, 0.3) is 5.91 Å². The van der Waals surface area contributed by atoms with Gasteiger partial charge in [0, 0.05) is 31.6 Å². The van der Waals surface area contributed by atoms with Crippen molar-refractivity contribution in [2.75, 3.05) is 32.2 Å². The maximum atomic E-state index is 11.6. The average Bonchev–Trinajstić information content (AvgIpc) is 2.59. The third-order valence-electron chi connectivity index (χ3n) is 3.13. The van der Waals surface area contributed by atoms with Gasteiger partial charge in [-0.05, 0) is 42.8 Å². The second kappa shape index (κ2) is 9.48. The maximum absolute atomic E-state index is 11.6. The summed E-state index contributed by atoms with van der Waals surface area (Å²) in [6.07, 6.45) is 0.794. The Kier molecular flexibility index (Phi) is 6.94. The largest absolute Gasteiger partial charge is 0.484 e. The van der Waals surface area contributed by atoms with Gasteiger partial charge in [-0.3, -0.25) is 4.79 Å². The van der Waals surface area contributed by atoms with Crippen LogP contribution in [-0.4, -0.2) is 32.8 Å². The molecule has 2 N–H and O–H groups in total. The molecule has 0 aromatic heterocycles. The van der Waals surface area contributed by atoms with Crippen LogP contribution in [-0.2, 0) is 9.53 Å². The van der Waals surface area contributed by atoms with Crippen LogP contribution in [0.15, 0.2) is 54.6 Å². The van der Waals surface area contributed by atoms with Crippen molar-refractivity contribution in [3.05, 3.63) is 54.6 Å². The molecule has 0 unspecified atom stereocenters. The molecule has 2 aromatic carbocycles.